The Morgan fingerprint density at radius 3 is 2.53 bits per heavy atom. The highest BCUT2D eigenvalue weighted by Gasteiger charge is 2.21. The molecule has 1 aromatic rings. The lowest BCUT2D eigenvalue weighted by Crippen LogP contribution is -2.21. The molecular weight excluding hydrogens is 248 g/mol. The third kappa shape index (κ3) is 4.56. The van der Waals surface area contributed by atoms with Crippen molar-refractivity contribution < 1.29 is 4.74 Å². The van der Waals surface area contributed by atoms with Gasteiger partial charge in [0.15, 0.2) is 7.38 Å². The molecule has 0 spiro atoms. The molecule has 0 radical (unpaired) electrons. The Morgan fingerprint density at radius 2 is 2.00 bits per heavy atom. The Labute approximate surface area is 110 Å². The van der Waals surface area contributed by atoms with Gasteiger partial charge in [-0.3, -0.25) is 0 Å². The van der Waals surface area contributed by atoms with E-state index in [1.54, 1.807) is 6.08 Å². The highest BCUT2D eigenvalue weighted by Crippen LogP contribution is 2.29. The van der Waals surface area contributed by atoms with Gasteiger partial charge in [0.25, 0.3) is 0 Å². The smallest absolute Gasteiger partial charge is 0.154 e. The summed E-state index contributed by atoms with van der Waals surface area (Å²) in [5, 5.41) is 0. The second kappa shape index (κ2) is 5.74. The van der Waals surface area contributed by atoms with Crippen molar-refractivity contribution in [2.75, 3.05) is 6.61 Å². The molecule has 0 fully saturated rings. The molecular formula is C14H21ClOSi. The fourth-order valence-corrected chi connectivity index (χ4v) is 3.58. The molecule has 0 aliphatic heterocycles. The van der Waals surface area contributed by atoms with Crippen molar-refractivity contribution in [3.63, 3.8) is 0 Å². The van der Waals surface area contributed by atoms with Gasteiger partial charge in [-0.1, -0.05) is 43.4 Å². The van der Waals surface area contributed by atoms with Gasteiger partial charge in [0.1, 0.15) is 12.4 Å². The van der Waals surface area contributed by atoms with Gasteiger partial charge in [-0.05, 0) is 31.0 Å². The van der Waals surface area contributed by atoms with E-state index in [1.165, 1.54) is 16.7 Å². The summed E-state index contributed by atoms with van der Waals surface area (Å²) < 4.78 is 5.76. The highest BCUT2D eigenvalue weighted by atomic mass is 35.6. The van der Waals surface area contributed by atoms with Crippen LogP contribution in [0.4, 0.5) is 0 Å². The first-order chi connectivity index (χ1) is 7.83. The fourth-order valence-electron chi connectivity index (χ4n) is 1.98. The van der Waals surface area contributed by atoms with Gasteiger partial charge in [-0.2, -0.15) is 11.1 Å². The molecule has 0 aliphatic rings. The van der Waals surface area contributed by atoms with Crippen LogP contribution in [-0.4, -0.2) is 14.0 Å². The summed E-state index contributed by atoms with van der Waals surface area (Å²) in [6.45, 7) is 12.7. The van der Waals surface area contributed by atoms with Crippen molar-refractivity contribution >= 4 is 18.5 Å². The van der Waals surface area contributed by atoms with E-state index in [4.69, 9.17) is 15.8 Å². The van der Waals surface area contributed by atoms with Gasteiger partial charge in [-0.15, -0.1) is 0 Å². The predicted octanol–water partition coefficient (Wildman–Crippen LogP) is 4.39. The SMILES string of the molecule is C=CCOc1c(C)cc(C)cc1C[Si](C)(C)Cl. The van der Waals surface area contributed by atoms with Crippen LogP contribution in [0, 0.1) is 13.8 Å². The number of halogens is 1. The van der Waals surface area contributed by atoms with Crippen LogP contribution in [0.25, 0.3) is 0 Å². The normalized spacial score (nSPS) is 11.4. The quantitative estimate of drug-likeness (QED) is 0.437. The lowest BCUT2D eigenvalue weighted by atomic mass is 10.1. The average molecular weight is 269 g/mol. The molecule has 0 N–H and O–H groups in total. The summed E-state index contributed by atoms with van der Waals surface area (Å²) in [6.07, 6.45) is 1.77. The first-order valence-electron chi connectivity index (χ1n) is 5.86. The minimum atomic E-state index is -1.65. The van der Waals surface area contributed by atoms with Crippen molar-refractivity contribution in [3.8, 4) is 5.75 Å². The Bertz CT molecular complexity index is 407. The molecule has 1 aromatic carbocycles. The maximum absolute atomic E-state index is 6.44. The molecule has 1 rings (SSSR count). The number of rotatable bonds is 5. The van der Waals surface area contributed by atoms with Crippen molar-refractivity contribution in [3.05, 3.63) is 41.5 Å². The van der Waals surface area contributed by atoms with Gasteiger partial charge >= 0.3 is 0 Å². The zero-order valence-corrected chi connectivity index (χ0v) is 12.9. The lowest BCUT2D eigenvalue weighted by Gasteiger charge is -2.19. The van der Waals surface area contributed by atoms with Gasteiger partial charge < -0.3 is 4.74 Å². The van der Waals surface area contributed by atoms with Crippen LogP contribution in [0.1, 0.15) is 16.7 Å². The molecule has 0 saturated heterocycles. The molecule has 0 aromatic heterocycles. The largest absolute Gasteiger partial charge is 0.489 e. The van der Waals surface area contributed by atoms with Gasteiger partial charge in [0.2, 0.25) is 0 Å². The van der Waals surface area contributed by atoms with Gasteiger partial charge in [0.05, 0.1) is 0 Å². The van der Waals surface area contributed by atoms with Gasteiger partial charge in [-0.25, -0.2) is 0 Å². The van der Waals surface area contributed by atoms with Crippen molar-refractivity contribution in [1.82, 2.24) is 0 Å². The van der Waals surface area contributed by atoms with Crippen molar-refractivity contribution in [1.29, 1.82) is 0 Å². The molecule has 3 heteroatoms. The average Bonchev–Trinajstić information content (AvgIpc) is 2.13. The molecule has 17 heavy (non-hydrogen) atoms. The minimum absolute atomic E-state index is 0.543. The van der Waals surface area contributed by atoms with E-state index in [0.29, 0.717) is 6.61 Å². The molecule has 0 unspecified atom stereocenters. The van der Waals surface area contributed by atoms with Crippen LogP contribution >= 0.6 is 11.1 Å². The maximum atomic E-state index is 6.44. The standard InChI is InChI=1S/C14H21ClOSi/c1-6-7-16-14-12(3)8-11(2)9-13(14)10-17(4,5)15/h6,8-9H,1,7,10H2,2-5H3. The van der Waals surface area contributed by atoms with Crippen LogP contribution in [0.15, 0.2) is 24.8 Å². The number of hydrogen-bond acceptors (Lipinski definition) is 1. The molecule has 0 bridgehead atoms. The van der Waals surface area contributed by atoms with Crippen LogP contribution in [0.3, 0.4) is 0 Å². The van der Waals surface area contributed by atoms with Crippen LogP contribution in [0.5, 0.6) is 5.75 Å². The monoisotopic (exact) mass is 268 g/mol. The second-order valence-corrected chi connectivity index (χ2v) is 11.9. The molecule has 0 heterocycles. The minimum Gasteiger partial charge on any atom is -0.489 e. The summed E-state index contributed by atoms with van der Waals surface area (Å²) in [5.41, 5.74) is 3.67. The Morgan fingerprint density at radius 1 is 1.35 bits per heavy atom. The maximum Gasteiger partial charge on any atom is 0.154 e. The van der Waals surface area contributed by atoms with E-state index >= 15 is 0 Å². The van der Waals surface area contributed by atoms with E-state index in [1.807, 2.05) is 0 Å². The van der Waals surface area contributed by atoms with Crippen molar-refractivity contribution in [2.24, 2.45) is 0 Å². The third-order valence-corrected chi connectivity index (χ3v) is 4.07. The summed E-state index contributed by atoms with van der Waals surface area (Å²) in [7, 11) is -1.65. The Balaban J connectivity index is 3.10. The van der Waals surface area contributed by atoms with E-state index in [-0.39, 0.29) is 0 Å². The van der Waals surface area contributed by atoms with Gasteiger partial charge in [0, 0.05) is 0 Å². The van der Waals surface area contributed by atoms with Crippen molar-refractivity contribution in [2.45, 2.75) is 33.0 Å². The topological polar surface area (TPSA) is 9.23 Å². The third-order valence-electron chi connectivity index (χ3n) is 2.45. The Hall–Kier alpha value is -0.733. The number of aryl methyl sites for hydroxylation is 2. The molecule has 0 saturated carbocycles. The van der Waals surface area contributed by atoms with Crippen LogP contribution < -0.4 is 4.74 Å². The van der Waals surface area contributed by atoms with E-state index < -0.39 is 7.38 Å². The fraction of sp³-hybridized carbons (Fsp3) is 0.429. The summed E-state index contributed by atoms with van der Waals surface area (Å²) in [5.74, 6) is 0.983. The molecule has 0 aliphatic carbocycles. The zero-order chi connectivity index (χ0) is 13.1. The summed E-state index contributed by atoms with van der Waals surface area (Å²) in [4.78, 5) is 0. The first-order valence-corrected chi connectivity index (χ1v) is 10.1. The Kier molecular flexibility index (Phi) is 4.84. The number of ether oxygens (including phenoxy) is 1. The summed E-state index contributed by atoms with van der Waals surface area (Å²) in [6, 6.07) is 5.26. The van der Waals surface area contributed by atoms with E-state index in [9.17, 15) is 0 Å². The summed E-state index contributed by atoms with van der Waals surface area (Å²) >= 11 is 6.44. The predicted molar refractivity (Wildman–Crippen MR) is 78.6 cm³/mol. The highest BCUT2D eigenvalue weighted by molar-refractivity contribution is 7.18. The lowest BCUT2D eigenvalue weighted by molar-refractivity contribution is 0.357. The number of hydrogen-bond donors (Lipinski definition) is 0. The zero-order valence-electron chi connectivity index (χ0n) is 11.1. The van der Waals surface area contributed by atoms with E-state index in [2.05, 4.69) is 45.7 Å². The first kappa shape index (κ1) is 14.3. The van der Waals surface area contributed by atoms with Crippen LogP contribution in [0.2, 0.25) is 13.1 Å². The number of benzene rings is 1. The second-order valence-electron chi connectivity index (χ2n) is 5.07. The molecule has 94 valence electrons. The molecule has 0 atom stereocenters. The van der Waals surface area contributed by atoms with E-state index in [0.717, 1.165) is 11.8 Å². The molecule has 1 nitrogen and oxygen atoms in total. The van der Waals surface area contributed by atoms with Crippen LogP contribution in [-0.2, 0) is 6.04 Å². The molecule has 0 amide bonds.